The van der Waals surface area contributed by atoms with Gasteiger partial charge in [-0.05, 0) is 23.5 Å². The van der Waals surface area contributed by atoms with Gasteiger partial charge in [0.05, 0.1) is 12.5 Å². The van der Waals surface area contributed by atoms with Gasteiger partial charge in [-0.3, -0.25) is 9.59 Å². The Kier molecular flexibility index (Phi) is 7.36. The van der Waals surface area contributed by atoms with Crippen molar-refractivity contribution >= 4 is 11.8 Å². The van der Waals surface area contributed by atoms with Crippen LogP contribution in [0.1, 0.15) is 30.9 Å². The number of ether oxygens (including phenoxy) is 1. The van der Waals surface area contributed by atoms with Crippen LogP contribution in [0.3, 0.4) is 0 Å². The van der Waals surface area contributed by atoms with Crippen LogP contribution < -0.4 is 5.73 Å². The fourth-order valence-corrected chi connectivity index (χ4v) is 2.67. The summed E-state index contributed by atoms with van der Waals surface area (Å²) >= 11 is 0. The number of hydrogen-bond donors (Lipinski definition) is 1. The summed E-state index contributed by atoms with van der Waals surface area (Å²) in [7, 11) is 0. The van der Waals surface area contributed by atoms with Gasteiger partial charge in [0.1, 0.15) is 12.4 Å². The maximum atomic E-state index is 12.2. The maximum Gasteiger partial charge on any atom is 0.308 e. The smallest absolute Gasteiger partial charge is 0.308 e. The Balaban J connectivity index is 1.72. The highest BCUT2D eigenvalue weighted by atomic mass is 16.5. The van der Waals surface area contributed by atoms with Crippen LogP contribution in [0.15, 0.2) is 60.7 Å². The minimum atomic E-state index is -0.804. The Hall–Kier alpha value is -2.46. The lowest BCUT2D eigenvalue weighted by Gasteiger charge is -2.14. The second-order valence-corrected chi connectivity index (χ2v) is 6.42. The third-order valence-corrected chi connectivity index (χ3v) is 4.02. The van der Waals surface area contributed by atoms with E-state index in [0.717, 1.165) is 12.0 Å². The molecule has 2 aromatic rings. The van der Waals surface area contributed by atoms with Crippen LogP contribution >= 0.6 is 0 Å². The van der Waals surface area contributed by atoms with E-state index in [-0.39, 0.29) is 24.7 Å². The zero-order valence-electron chi connectivity index (χ0n) is 14.6. The fourth-order valence-electron chi connectivity index (χ4n) is 2.67. The Morgan fingerprint density at radius 2 is 1.48 bits per heavy atom. The first kappa shape index (κ1) is 18.9. The van der Waals surface area contributed by atoms with Gasteiger partial charge in [-0.2, -0.15) is 0 Å². The van der Waals surface area contributed by atoms with Gasteiger partial charge in [-0.1, -0.05) is 67.6 Å². The molecule has 2 aromatic carbocycles. The van der Waals surface area contributed by atoms with E-state index in [4.69, 9.17) is 10.5 Å². The molecule has 25 heavy (non-hydrogen) atoms. The Bertz CT molecular complexity index is 670. The molecule has 0 radical (unpaired) electrons. The molecule has 0 aliphatic heterocycles. The monoisotopic (exact) mass is 339 g/mol. The highest BCUT2D eigenvalue weighted by Crippen LogP contribution is 2.13. The van der Waals surface area contributed by atoms with Crippen LogP contribution in [-0.4, -0.2) is 17.8 Å². The average Bonchev–Trinajstić information content (AvgIpc) is 2.61. The zero-order chi connectivity index (χ0) is 18.1. The highest BCUT2D eigenvalue weighted by molar-refractivity contribution is 5.88. The summed E-state index contributed by atoms with van der Waals surface area (Å²) in [5, 5.41) is 0. The zero-order valence-corrected chi connectivity index (χ0v) is 14.6. The lowest BCUT2D eigenvalue weighted by atomic mass is 9.93. The lowest BCUT2D eigenvalue weighted by Crippen LogP contribution is -2.34. The number of esters is 1. The normalized spacial score (nSPS) is 13.0. The van der Waals surface area contributed by atoms with E-state index < -0.39 is 12.0 Å². The number of hydrogen-bond acceptors (Lipinski definition) is 4. The molecule has 0 fully saturated rings. The van der Waals surface area contributed by atoms with Gasteiger partial charge in [-0.15, -0.1) is 0 Å². The average molecular weight is 339 g/mol. The summed E-state index contributed by atoms with van der Waals surface area (Å²) in [6.07, 6.45) is 1.10. The van der Waals surface area contributed by atoms with Gasteiger partial charge in [0.25, 0.3) is 0 Å². The molecule has 4 heteroatoms. The summed E-state index contributed by atoms with van der Waals surface area (Å²) < 4.78 is 5.18. The van der Waals surface area contributed by atoms with Crippen molar-refractivity contribution in [2.75, 3.05) is 0 Å². The van der Waals surface area contributed by atoms with Crippen molar-refractivity contribution in [1.82, 2.24) is 0 Å². The summed E-state index contributed by atoms with van der Waals surface area (Å²) in [6.45, 7) is 2.22. The van der Waals surface area contributed by atoms with Gasteiger partial charge in [0, 0.05) is 6.42 Å². The first-order valence-corrected chi connectivity index (χ1v) is 8.56. The number of carbonyl (C=O) groups is 2. The summed E-state index contributed by atoms with van der Waals surface area (Å²) in [5.74, 6) is -0.359. The third kappa shape index (κ3) is 6.89. The molecule has 2 rings (SSSR count). The predicted molar refractivity (Wildman–Crippen MR) is 97.8 cm³/mol. The molecule has 0 aliphatic carbocycles. The van der Waals surface area contributed by atoms with Gasteiger partial charge < -0.3 is 10.5 Å². The summed E-state index contributed by atoms with van der Waals surface area (Å²) in [4.78, 5) is 24.1. The van der Waals surface area contributed by atoms with Gasteiger partial charge in [0.2, 0.25) is 0 Å². The van der Waals surface area contributed by atoms with Crippen LogP contribution in [0.2, 0.25) is 0 Å². The minimum Gasteiger partial charge on any atom is -0.461 e. The van der Waals surface area contributed by atoms with E-state index in [1.807, 2.05) is 67.6 Å². The molecule has 0 saturated heterocycles. The van der Waals surface area contributed by atoms with Crippen LogP contribution in [-0.2, 0) is 27.4 Å². The molecule has 0 aliphatic rings. The molecule has 2 N–H and O–H groups in total. The van der Waals surface area contributed by atoms with Crippen molar-refractivity contribution in [1.29, 1.82) is 0 Å². The molecule has 2 atom stereocenters. The van der Waals surface area contributed by atoms with Gasteiger partial charge in [0.15, 0.2) is 0 Å². The van der Waals surface area contributed by atoms with Crippen molar-refractivity contribution in [2.45, 2.75) is 38.8 Å². The van der Waals surface area contributed by atoms with E-state index >= 15 is 0 Å². The molecule has 0 aromatic heterocycles. The molecule has 0 amide bonds. The van der Waals surface area contributed by atoms with Crippen molar-refractivity contribution in [2.24, 2.45) is 11.7 Å². The van der Waals surface area contributed by atoms with Crippen molar-refractivity contribution in [3.05, 3.63) is 71.8 Å². The van der Waals surface area contributed by atoms with Crippen LogP contribution in [0, 0.1) is 5.92 Å². The number of ketones is 1. The van der Waals surface area contributed by atoms with Gasteiger partial charge >= 0.3 is 5.97 Å². The van der Waals surface area contributed by atoms with Crippen molar-refractivity contribution < 1.29 is 14.3 Å². The van der Waals surface area contributed by atoms with Gasteiger partial charge in [-0.25, -0.2) is 0 Å². The Labute approximate surface area is 149 Å². The van der Waals surface area contributed by atoms with E-state index in [2.05, 4.69) is 0 Å². The SMILES string of the molecule is C[C@@H](CC(=O)[C@@H](N)CC(=O)OCc1ccccc1)Cc1ccccc1. The molecule has 0 saturated carbocycles. The van der Waals surface area contributed by atoms with E-state index in [1.54, 1.807) is 0 Å². The van der Waals surface area contributed by atoms with Crippen molar-refractivity contribution in [3.8, 4) is 0 Å². The topological polar surface area (TPSA) is 69.4 Å². The molecular weight excluding hydrogens is 314 g/mol. The highest BCUT2D eigenvalue weighted by Gasteiger charge is 2.20. The Morgan fingerprint density at radius 3 is 2.08 bits per heavy atom. The molecule has 0 bridgehead atoms. The first-order chi connectivity index (χ1) is 12.0. The van der Waals surface area contributed by atoms with E-state index in [0.29, 0.717) is 6.42 Å². The quantitative estimate of drug-likeness (QED) is 0.712. The third-order valence-electron chi connectivity index (χ3n) is 4.02. The second-order valence-electron chi connectivity index (χ2n) is 6.42. The predicted octanol–water partition coefficient (Wildman–Crippen LogP) is 3.29. The number of rotatable bonds is 9. The van der Waals surface area contributed by atoms with Crippen molar-refractivity contribution in [3.63, 3.8) is 0 Å². The standard InChI is InChI=1S/C21H25NO3/c1-16(12-17-8-4-2-5-9-17)13-20(23)19(22)14-21(24)25-15-18-10-6-3-7-11-18/h2-11,16,19H,12-15,22H2,1H3/t16-,19+/m1/s1. The molecule has 0 unspecified atom stereocenters. The summed E-state index contributed by atoms with van der Waals surface area (Å²) in [5.41, 5.74) is 7.98. The fraction of sp³-hybridized carbons (Fsp3) is 0.333. The minimum absolute atomic E-state index is 0.0796. The lowest BCUT2D eigenvalue weighted by molar-refractivity contribution is -0.146. The van der Waals surface area contributed by atoms with Crippen LogP contribution in [0.4, 0.5) is 0 Å². The van der Waals surface area contributed by atoms with E-state index in [1.165, 1.54) is 5.56 Å². The molecule has 0 heterocycles. The number of carbonyl (C=O) groups excluding carboxylic acids is 2. The van der Waals surface area contributed by atoms with E-state index in [9.17, 15) is 9.59 Å². The maximum absolute atomic E-state index is 12.2. The second kappa shape index (κ2) is 9.74. The summed E-state index contributed by atoms with van der Waals surface area (Å²) in [6, 6.07) is 18.6. The number of Topliss-reactive ketones (excluding diaryl/α,β-unsaturated/α-hetero) is 1. The molecule has 132 valence electrons. The van der Waals surface area contributed by atoms with Crippen LogP contribution in [0.5, 0.6) is 0 Å². The molecule has 0 spiro atoms. The Morgan fingerprint density at radius 1 is 0.920 bits per heavy atom. The largest absolute Gasteiger partial charge is 0.461 e. The van der Waals surface area contributed by atoms with Crippen LogP contribution in [0.25, 0.3) is 0 Å². The number of benzene rings is 2. The first-order valence-electron chi connectivity index (χ1n) is 8.56. The molecule has 4 nitrogen and oxygen atoms in total. The number of nitrogens with two attached hydrogens (primary N) is 1. The molecular formula is C21H25NO3.